The third-order valence-electron chi connectivity index (χ3n) is 1.86. The van der Waals surface area contributed by atoms with Crippen LogP contribution < -0.4 is 11.1 Å². The number of thioether (sulfide) groups is 1. The van der Waals surface area contributed by atoms with Gasteiger partial charge >= 0.3 is 0 Å². The second-order valence-electron chi connectivity index (χ2n) is 2.92. The predicted molar refractivity (Wildman–Crippen MR) is 68.0 cm³/mol. The summed E-state index contributed by atoms with van der Waals surface area (Å²) in [6.45, 7) is 0. The molecule has 0 aliphatic carbocycles. The second-order valence-corrected chi connectivity index (χ2v) is 4.86. The van der Waals surface area contributed by atoms with Gasteiger partial charge in [-0.15, -0.1) is 11.8 Å². The number of rotatable bonds is 3. The molecule has 0 spiro atoms. The highest BCUT2D eigenvalue weighted by Crippen LogP contribution is 2.25. The fourth-order valence-corrected chi connectivity index (χ4v) is 2.15. The number of hydrogen-bond acceptors (Lipinski definition) is 5. The van der Waals surface area contributed by atoms with Crippen molar-refractivity contribution in [2.45, 2.75) is 4.90 Å². The van der Waals surface area contributed by atoms with Crippen LogP contribution in [0.2, 0.25) is 0 Å². The molecule has 2 aromatic rings. The molecule has 3 nitrogen and oxygen atoms in total. The molecule has 0 atom stereocenters. The third-order valence-corrected chi connectivity index (χ3v) is 3.35. The molecule has 1 heterocycles. The fraction of sp³-hybridized carbons (Fsp3) is 0.100. The van der Waals surface area contributed by atoms with Gasteiger partial charge in [0.2, 0.25) is 0 Å². The average molecular weight is 237 g/mol. The van der Waals surface area contributed by atoms with Crippen LogP contribution in [0, 0.1) is 0 Å². The van der Waals surface area contributed by atoms with Crippen molar-refractivity contribution in [2.24, 2.45) is 0 Å². The Hall–Kier alpha value is -1.20. The fourth-order valence-electron chi connectivity index (χ4n) is 1.14. The Morgan fingerprint density at radius 3 is 2.60 bits per heavy atom. The number of anilines is 3. The molecule has 2 rings (SSSR count). The Bertz CT molecular complexity index is 436. The summed E-state index contributed by atoms with van der Waals surface area (Å²) in [7, 11) is 0. The van der Waals surface area contributed by atoms with Gasteiger partial charge < -0.3 is 11.1 Å². The van der Waals surface area contributed by atoms with E-state index in [0.29, 0.717) is 0 Å². The summed E-state index contributed by atoms with van der Waals surface area (Å²) in [6, 6.07) is 8.21. The van der Waals surface area contributed by atoms with Gasteiger partial charge in [0.1, 0.15) is 5.00 Å². The van der Waals surface area contributed by atoms with Crippen molar-refractivity contribution in [1.82, 2.24) is 4.98 Å². The number of nitrogens with zero attached hydrogens (tertiary/aromatic N) is 1. The van der Waals surface area contributed by atoms with Crippen LogP contribution in [0.5, 0.6) is 0 Å². The molecule has 5 heteroatoms. The molecular formula is C10H11N3S2. The van der Waals surface area contributed by atoms with Crippen LogP contribution in [0.3, 0.4) is 0 Å². The van der Waals surface area contributed by atoms with Gasteiger partial charge in [-0.3, -0.25) is 0 Å². The first kappa shape index (κ1) is 10.3. The Balaban J connectivity index is 2.11. The molecular weight excluding hydrogens is 226 g/mol. The number of nitrogens with one attached hydrogen (secondary N) is 1. The van der Waals surface area contributed by atoms with Crippen LogP contribution in [0.4, 0.5) is 15.8 Å². The van der Waals surface area contributed by atoms with Crippen LogP contribution in [-0.4, -0.2) is 11.2 Å². The minimum atomic E-state index is 0.721. The smallest absolute Gasteiger partial charge is 0.189 e. The third kappa shape index (κ3) is 2.64. The Morgan fingerprint density at radius 2 is 2.07 bits per heavy atom. The average Bonchev–Trinajstić information content (AvgIpc) is 2.65. The Labute approximate surface area is 96.7 Å². The number of benzene rings is 1. The number of thiazole rings is 1. The normalized spacial score (nSPS) is 10.2. The van der Waals surface area contributed by atoms with Crippen LogP contribution >= 0.6 is 23.1 Å². The van der Waals surface area contributed by atoms with Gasteiger partial charge in [-0.05, 0) is 30.5 Å². The molecule has 15 heavy (non-hydrogen) atoms. The van der Waals surface area contributed by atoms with Gasteiger partial charge in [-0.1, -0.05) is 11.3 Å². The van der Waals surface area contributed by atoms with Crippen LogP contribution in [0.25, 0.3) is 0 Å². The SMILES string of the molecule is CSc1ccc(Nc2ncc(N)s2)cc1. The van der Waals surface area contributed by atoms with Crippen molar-refractivity contribution in [3.8, 4) is 0 Å². The molecule has 0 bridgehead atoms. The topological polar surface area (TPSA) is 50.9 Å². The molecule has 0 amide bonds. The second kappa shape index (κ2) is 4.55. The van der Waals surface area contributed by atoms with Crippen molar-refractivity contribution in [3.05, 3.63) is 30.5 Å². The predicted octanol–water partition coefficient (Wildman–Crippen LogP) is 3.19. The summed E-state index contributed by atoms with van der Waals surface area (Å²) in [5.74, 6) is 0. The summed E-state index contributed by atoms with van der Waals surface area (Å²) >= 11 is 3.17. The van der Waals surface area contributed by atoms with E-state index in [1.807, 2.05) is 12.1 Å². The van der Waals surface area contributed by atoms with Gasteiger partial charge in [0, 0.05) is 10.6 Å². The van der Waals surface area contributed by atoms with Gasteiger partial charge in [-0.2, -0.15) is 0 Å². The maximum atomic E-state index is 5.59. The van der Waals surface area contributed by atoms with Crippen molar-refractivity contribution in [3.63, 3.8) is 0 Å². The van der Waals surface area contributed by atoms with E-state index in [-0.39, 0.29) is 0 Å². The van der Waals surface area contributed by atoms with E-state index in [2.05, 4.69) is 28.7 Å². The minimum Gasteiger partial charge on any atom is -0.389 e. The summed E-state index contributed by atoms with van der Waals surface area (Å²) in [6.07, 6.45) is 3.72. The zero-order valence-corrected chi connectivity index (χ0v) is 9.86. The van der Waals surface area contributed by atoms with E-state index >= 15 is 0 Å². The molecule has 0 fully saturated rings. The number of nitrogen functional groups attached to an aromatic ring is 1. The molecule has 0 saturated carbocycles. The van der Waals surface area contributed by atoms with Crippen molar-refractivity contribution < 1.29 is 0 Å². The summed E-state index contributed by atoms with van der Waals surface area (Å²) in [4.78, 5) is 5.38. The van der Waals surface area contributed by atoms with E-state index in [9.17, 15) is 0 Å². The highest BCUT2D eigenvalue weighted by atomic mass is 32.2. The van der Waals surface area contributed by atoms with E-state index in [4.69, 9.17) is 5.73 Å². The lowest BCUT2D eigenvalue weighted by molar-refractivity contribution is 1.38. The van der Waals surface area contributed by atoms with Crippen molar-refractivity contribution in [2.75, 3.05) is 17.3 Å². The number of hydrogen-bond donors (Lipinski definition) is 2. The van der Waals surface area contributed by atoms with Crippen molar-refractivity contribution >= 4 is 38.9 Å². The highest BCUT2D eigenvalue weighted by Gasteiger charge is 1.99. The summed E-state index contributed by atoms with van der Waals surface area (Å²) < 4.78 is 0. The summed E-state index contributed by atoms with van der Waals surface area (Å²) in [5, 5.41) is 4.74. The standard InChI is InChI=1S/C10H11N3S2/c1-14-8-4-2-7(3-5-8)13-10-12-6-9(11)15-10/h2-6H,11H2,1H3,(H,12,13). The van der Waals surface area contributed by atoms with E-state index in [0.717, 1.165) is 15.8 Å². The molecule has 78 valence electrons. The largest absolute Gasteiger partial charge is 0.389 e. The minimum absolute atomic E-state index is 0.721. The maximum Gasteiger partial charge on any atom is 0.189 e. The first-order valence-electron chi connectivity index (χ1n) is 4.40. The Morgan fingerprint density at radius 1 is 1.33 bits per heavy atom. The molecule has 0 aliphatic rings. The zero-order chi connectivity index (χ0) is 10.7. The molecule has 0 unspecified atom stereocenters. The monoisotopic (exact) mass is 237 g/mol. The van der Waals surface area contributed by atoms with Gasteiger partial charge in [-0.25, -0.2) is 4.98 Å². The molecule has 1 aromatic heterocycles. The van der Waals surface area contributed by atoms with Crippen molar-refractivity contribution in [1.29, 1.82) is 0 Å². The summed E-state index contributed by atoms with van der Waals surface area (Å²) in [5.41, 5.74) is 6.62. The molecule has 0 aliphatic heterocycles. The van der Waals surface area contributed by atoms with Gasteiger partial charge in [0.25, 0.3) is 0 Å². The molecule has 0 saturated heterocycles. The van der Waals surface area contributed by atoms with E-state index in [1.54, 1.807) is 18.0 Å². The molecule has 1 aromatic carbocycles. The quantitative estimate of drug-likeness (QED) is 0.805. The highest BCUT2D eigenvalue weighted by molar-refractivity contribution is 7.98. The van der Waals surface area contributed by atoms with Crippen LogP contribution in [0.15, 0.2) is 35.4 Å². The van der Waals surface area contributed by atoms with Crippen LogP contribution in [-0.2, 0) is 0 Å². The zero-order valence-electron chi connectivity index (χ0n) is 8.23. The van der Waals surface area contributed by atoms with Crippen LogP contribution in [0.1, 0.15) is 0 Å². The van der Waals surface area contributed by atoms with Gasteiger partial charge in [0.05, 0.1) is 6.20 Å². The molecule has 3 N–H and O–H groups in total. The van der Waals surface area contributed by atoms with E-state index < -0.39 is 0 Å². The Kier molecular flexibility index (Phi) is 3.13. The lowest BCUT2D eigenvalue weighted by Gasteiger charge is -2.02. The number of nitrogens with two attached hydrogens (primary N) is 1. The maximum absolute atomic E-state index is 5.59. The first-order chi connectivity index (χ1) is 7.28. The molecule has 0 radical (unpaired) electrons. The first-order valence-corrected chi connectivity index (χ1v) is 6.44. The lowest BCUT2D eigenvalue weighted by Crippen LogP contribution is -1.87. The van der Waals surface area contributed by atoms with Gasteiger partial charge in [0.15, 0.2) is 5.13 Å². The number of aromatic nitrogens is 1. The van der Waals surface area contributed by atoms with E-state index in [1.165, 1.54) is 16.2 Å². The lowest BCUT2D eigenvalue weighted by atomic mass is 10.3.